The van der Waals surface area contributed by atoms with Crippen LogP contribution >= 0.6 is 0 Å². The summed E-state index contributed by atoms with van der Waals surface area (Å²) in [6.07, 6.45) is 20.8. The number of hydrogen-bond donors (Lipinski definition) is 1. The Balaban J connectivity index is 1.27. The van der Waals surface area contributed by atoms with Gasteiger partial charge in [0, 0.05) is 11.6 Å². The highest BCUT2D eigenvalue weighted by Gasteiger charge is 2.21. The second-order valence-electron chi connectivity index (χ2n) is 10.3. The zero-order valence-corrected chi connectivity index (χ0v) is 21.3. The molecule has 2 aliphatic carbocycles. The van der Waals surface area contributed by atoms with E-state index in [9.17, 15) is 0 Å². The van der Waals surface area contributed by atoms with Crippen molar-refractivity contribution < 1.29 is 0 Å². The Morgan fingerprint density at radius 2 is 1.58 bits per heavy atom. The molecule has 0 fully saturated rings. The summed E-state index contributed by atoms with van der Waals surface area (Å²) in [5.41, 5.74) is 6.16. The number of amidine groups is 1. The summed E-state index contributed by atoms with van der Waals surface area (Å²) in [5, 5.41) is 8.81. The van der Waals surface area contributed by atoms with Crippen LogP contribution in [0.5, 0.6) is 0 Å². The molecular weight excluding hydrogens is 460 g/mol. The molecule has 4 aromatic rings. The van der Waals surface area contributed by atoms with Crippen LogP contribution in [0, 0.1) is 0 Å². The molecule has 2 unspecified atom stereocenters. The lowest BCUT2D eigenvalue weighted by Crippen LogP contribution is -2.28. The fraction of sp³-hybridized carbons (Fsp3) is 0.139. The maximum Gasteiger partial charge on any atom is 0.129 e. The molecule has 0 saturated carbocycles. The molecule has 2 atom stereocenters. The van der Waals surface area contributed by atoms with Crippen LogP contribution in [0.3, 0.4) is 0 Å². The Hall–Kier alpha value is -4.43. The first kappa shape index (κ1) is 22.7. The predicted molar refractivity (Wildman–Crippen MR) is 161 cm³/mol. The maximum atomic E-state index is 5.20. The minimum absolute atomic E-state index is 0.0313. The molecule has 2 heteroatoms. The van der Waals surface area contributed by atoms with Crippen LogP contribution < -0.4 is 5.32 Å². The molecule has 7 rings (SSSR count). The Morgan fingerprint density at radius 3 is 2.42 bits per heavy atom. The van der Waals surface area contributed by atoms with Crippen LogP contribution in [0.25, 0.3) is 27.2 Å². The Labute approximate surface area is 224 Å². The third-order valence-corrected chi connectivity index (χ3v) is 7.91. The van der Waals surface area contributed by atoms with Gasteiger partial charge < -0.3 is 5.32 Å². The molecule has 1 N–H and O–H groups in total. The van der Waals surface area contributed by atoms with Crippen LogP contribution in [0.1, 0.15) is 47.9 Å². The maximum absolute atomic E-state index is 5.20. The molecule has 1 aliphatic heterocycles. The predicted octanol–water partition coefficient (Wildman–Crippen LogP) is 8.95. The lowest BCUT2D eigenvalue weighted by Gasteiger charge is -2.25. The molecule has 0 bridgehead atoms. The molecule has 4 aromatic carbocycles. The molecular formula is C36H30N2. The fourth-order valence-corrected chi connectivity index (χ4v) is 5.79. The largest absolute Gasteiger partial charge is 0.340 e. The number of nitrogens with zero attached hydrogens (tertiary/aromatic N) is 1. The van der Waals surface area contributed by atoms with Gasteiger partial charge in [0.05, 0.1) is 6.04 Å². The second kappa shape index (κ2) is 9.79. The summed E-state index contributed by atoms with van der Waals surface area (Å²) in [6.45, 7) is 0. The molecule has 0 radical (unpaired) electrons. The fourth-order valence-electron chi connectivity index (χ4n) is 5.79. The molecule has 0 spiro atoms. The van der Waals surface area contributed by atoms with E-state index in [1.165, 1.54) is 43.8 Å². The van der Waals surface area contributed by atoms with Gasteiger partial charge in [-0.25, -0.2) is 0 Å². The lowest BCUT2D eigenvalue weighted by atomic mass is 9.91. The number of fused-ring (bicyclic) bond motifs is 3. The van der Waals surface area contributed by atoms with Crippen LogP contribution in [0.4, 0.5) is 0 Å². The SMILES string of the molecule is C1=CCCC(C2=NC(c3ccc(C4C=CC=CC4)cc3)C=C(c3ccc4c(ccc5ccccc54)c3)N2)=C1. The van der Waals surface area contributed by atoms with Crippen molar-refractivity contribution in [1.29, 1.82) is 0 Å². The van der Waals surface area contributed by atoms with Crippen LogP contribution in [0.2, 0.25) is 0 Å². The van der Waals surface area contributed by atoms with Crippen LogP contribution in [0.15, 0.2) is 138 Å². The zero-order valence-electron chi connectivity index (χ0n) is 21.3. The van der Waals surface area contributed by atoms with Gasteiger partial charge >= 0.3 is 0 Å². The van der Waals surface area contributed by atoms with Gasteiger partial charge in [-0.15, -0.1) is 0 Å². The average molecular weight is 491 g/mol. The Bertz CT molecular complexity index is 1710. The number of allylic oxidation sites excluding steroid dienone is 7. The molecule has 38 heavy (non-hydrogen) atoms. The quantitative estimate of drug-likeness (QED) is 0.284. The topological polar surface area (TPSA) is 24.4 Å². The number of nitrogens with one attached hydrogen (secondary N) is 1. The average Bonchev–Trinajstić information content (AvgIpc) is 3.01. The van der Waals surface area contributed by atoms with E-state index in [1.807, 2.05) is 0 Å². The molecule has 0 saturated heterocycles. The molecule has 1 heterocycles. The monoisotopic (exact) mass is 490 g/mol. The normalized spacial score (nSPS) is 20.7. The van der Waals surface area contributed by atoms with Crippen molar-refractivity contribution >= 4 is 33.1 Å². The summed E-state index contributed by atoms with van der Waals surface area (Å²) < 4.78 is 0. The van der Waals surface area contributed by atoms with Crippen molar-refractivity contribution in [2.45, 2.75) is 31.2 Å². The van der Waals surface area contributed by atoms with Crippen molar-refractivity contribution in [3.63, 3.8) is 0 Å². The highest BCUT2D eigenvalue weighted by Crippen LogP contribution is 2.33. The highest BCUT2D eigenvalue weighted by atomic mass is 15.0. The first-order valence-electron chi connectivity index (χ1n) is 13.6. The standard InChI is InChI=1S/C36H30N2/c1-3-9-25(10-4-1)26-15-18-28(19-16-26)34-24-35(38-36(37-34)29-12-5-2-6-13-29)31-21-22-33-30(23-31)20-17-27-11-7-8-14-32(27)33/h1-5,7-9,11-12,14-25,34H,6,10,13H2,(H,37,38). The van der Waals surface area contributed by atoms with Gasteiger partial charge in [0.2, 0.25) is 0 Å². The van der Waals surface area contributed by atoms with E-state index in [1.54, 1.807) is 0 Å². The second-order valence-corrected chi connectivity index (χ2v) is 10.3. The van der Waals surface area contributed by atoms with Crippen molar-refractivity contribution in [2.24, 2.45) is 4.99 Å². The molecule has 0 aromatic heterocycles. The van der Waals surface area contributed by atoms with E-state index in [-0.39, 0.29) is 6.04 Å². The molecule has 184 valence electrons. The summed E-state index contributed by atoms with van der Waals surface area (Å²) in [5.74, 6) is 1.44. The minimum atomic E-state index is -0.0313. The van der Waals surface area contributed by atoms with Crippen LogP contribution in [-0.2, 0) is 0 Å². The van der Waals surface area contributed by atoms with Gasteiger partial charge in [-0.05, 0) is 75.2 Å². The molecule has 2 nitrogen and oxygen atoms in total. The van der Waals surface area contributed by atoms with Crippen molar-refractivity contribution in [1.82, 2.24) is 5.32 Å². The number of benzene rings is 4. The summed E-state index contributed by atoms with van der Waals surface area (Å²) in [7, 11) is 0. The summed E-state index contributed by atoms with van der Waals surface area (Å²) in [6, 6.07) is 28.9. The number of hydrogen-bond acceptors (Lipinski definition) is 2. The van der Waals surface area contributed by atoms with E-state index in [2.05, 4.69) is 133 Å². The molecule has 0 amide bonds. The van der Waals surface area contributed by atoms with Crippen molar-refractivity contribution in [3.8, 4) is 0 Å². The number of aliphatic imine (C=N–C) groups is 1. The van der Waals surface area contributed by atoms with E-state index in [4.69, 9.17) is 4.99 Å². The third kappa shape index (κ3) is 4.33. The Morgan fingerprint density at radius 1 is 0.737 bits per heavy atom. The van der Waals surface area contributed by atoms with Crippen LogP contribution in [-0.4, -0.2) is 5.84 Å². The first-order valence-corrected chi connectivity index (χ1v) is 13.6. The van der Waals surface area contributed by atoms with Gasteiger partial charge in [0.15, 0.2) is 0 Å². The zero-order chi connectivity index (χ0) is 25.3. The van der Waals surface area contributed by atoms with Gasteiger partial charge in [-0.3, -0.25) is 4.99 Å². The van der Waals surface area contributed by atoms with E-state index < -0.39 is 0 Å². The van der Waals surface area contributed by atoms with Crippen molar-refractivity contribution in [3.05, 3.63) is 150 Å². The lowest BCUT2D eigenvalue weighted by molar-refractivity contribution is 0.842. The summed E-state index contributed by atoms with van der Waals surface area (Å²) in [4.78, 5) is 5.20. The third-order valence-electron chi connectivity index (χ3n) is 7.91. The number of rotatable bonds is 4. The van der Waals surface area contributed by atoms with Gasteiger partial charge in [-0.1, -0.05) is 115 Å². The molecule has 3 aliphatic rings. The van der Waals surface area contributed by atoms with E-state index in [0.717, 1.165) is 30.8 Å². The Kier molecular flexibility index (Phi) is 5.86. The van der Waals surface area contributed by atoms with Gasteiger partial charge in [0.1, 0.15) is 5.84 Å². The van der Waals surface area contributed by atoms with E-state index >= 15 is 0 Å². The van der Waals surface area contributed by atoms with Crippen molar-refractivity contribution in [2.75, 3.05) is 0 Å². The van der Waals surface area contributed by atoms with E-state index in [0.29, 0.717) is 5.92 Å². The smallest absolute Gasteiger partial charge is 0.129 e. The van der Waals surface area contributed by atoms with Gasteiger partial charge in [-0.2, -0.15) is 0 Å². The van der Waals surface area contributed by atoms with Gasteiger partial charge in [0.25, 0.3) is 0 Å². The highest BCUT2D eigenvalue weighted by molar-refractivity contribution is 6.09. The first-order chi connectivity index (χ1) is 18.8. The minimum Gasteiger partial charge on any atom is -0.340 e. The summed E-state index contributed by atoms with van der Waals surface area (Å²) >= 11 is 0.